The molecule has 0 bridgehead atoms. The first kappa shape index (κ1) is 18.4. The Labute approximate surface area is 153 Å². The van der Waals surface area contributed by atoms with Gasteiger partial charge in [-0.25, -0.2) is 4.98 Å². The fourth-order valence-corrected chi connectivity index (χ4v) is 3.44. The minimum atomic E-state index is 0.00744. The third-order valence-electron chi connectivity index (χ3n) is 4.79. The molecule has 2 heterocycles. The van der Waals surface area contributed by atoms with E-state index in [0.717, 1.165) is 49.4 Å². The van der Waals surface area contributed by atoms with E-state index in [2.05, 4.69) is 20.2 Å². The first-order valence-corrected chi connectivity index (χ1v) is 9.04. The third kappa shape index (κ3) is 4.83. The molecule has 0 amide bonds. The van der Waals surface area contributed by atoms with E-state index >= 15 is 0 Å². The monoisotopic (exact) mass is 357 g/mol. The van der Waals surface area contributed by atoms with E-state index in [9.17, 15) is 10.2 Å². The number of nitrogens with one attached hydrogen (secondary N) is 1. The van der Waals surface area contributed by atoms with Crippen molar-refractivity contribution >= 4 is 11.8 Å². The maximum absolute atomic E-state index is 9.71. The number of aliphatic hydroxyl groups is 1. The molecule has 1 aromatic heterocycles. The molecule has 0 unspecified atom stereocenters. The molecule has 140 valence electrons. The number of rotatable bonds is 6. The van der Waals surface area contributed by atoms with Crippen LogP contribution >= 0.6 is 0 Å². The lowest BCUT2D eigenvalue weighted by Crippen LogP contribution is -2.48. The molecule has 2 aromatic rings. The number of nitrogen functional groups attached to an aromatic ring is 1. The van der Waals surface area contributed by atoms with Crippen LogP contribution in [0.25, 0.3) is 0 Å². The number of phenols is 1. The highest BCUT2D eigenvalue weighted by Gasteiger charge is 2.23. The molecule has 1 saturated heterocycles. The van der Waals surface area contributed by atoms with Gasteiger partial charge in [-0.05, 0) is 43.9 Å². The lowest BCUT2D eigenvalue weighted by molar-refractivity contribution is 0.222. The predicted molar refractivity (Wildman–Crippen MR) is 102 cm³/mol. The Hall–Kier alpha value is -2.38. The number of anilines is 2. The first-order valence-electron chi connectivity index (χ1n) is 9.04. The number of benzene rings is 1. The van der Waals surface area contributed by atoms with Gasteiger partial charge in [0.1, 0.15) is 11.6 Å². The number of aliphatic hydroxyl groups excluding tert-OH is 1. The Kier molecular flexibility index (Phi) is 5.90. The van der Waals surface area contributed by atoms with Crippen molar-refractivity contribution in [2.24, 2.45) is 0 Å². The molecule has 1 aliphatic heterocycles. The molecule has 0 radical (unpaired) electrons. The maximum Gasteiger partial charge on any atom is 0.222 e. The number of piperidine rings is 1. The summed E-state index contributed by atoms with van der Waals surface area (Å²) in [5, 5.41) is 22.7. The van der Waals surface area contributed by atoms with Crippen LogP contribution in [0.2, 0.25) is 0 Å². The van der Waals surface area contributed by atoms with Gasteiger partial charge in [-0.15, -0.1) is 0 Å². The molecule has 7 heteroatoms. The Morgan fingerprint density at radius 2 is 1.92 bits per heavy atom. The van der Waals surface area contributed by atoms with Gasteiger partial charge in [0.05, 0.1) is 6.61 Å². The number of nitrogens with zero attached hydrogens (tertiary/aromatic N) is 3. The van der Waals surface area contributed by atoms with E-state index in [1.54, 1.807) is 12.1 Å². The number of aromatic hydroxyl groups is 1. The Bertz CT molecular complexity index is 694. The Balaban J connectivity index is 1.53. The summed E-state index contributed by atoms with van der Waals surface area (Å²) in [6.07, 6.45) is 2.70. The molecule has 1 aliphatic rings. The van der Waals surface area contributed by atoms with Crippen LogP contribution in [0.4, 0.5) is 11.8 Å². The van der Waals surface area contributed by atoms with Crippen molar-refractivity contribution in [2.75, 3.05) is 30.3 Å². The first-order chi connectivity index (χ1) is 12.5. The van der Waals surface area contributed by atoms with Crippen molar-refractivity contribution in [1.29, 1.82) is 0 Å². The van der Waals surface area contributed by atoms with Crippen molar-refractivity contribution in [3.05, 3.63) is 41.6 Å². The fourth-order valence-electron chi connectivity index (χ4n) is 3.44. The van der Waals surface area contributed by atoms with Crippen LogP contribution in [0.5, 0.6) is 5.75 Å². The maximum atomic E-state index is 9.71. The summed E-state index contributed by atoms with van der Waals surface area (Å²) in [7, 11) is 0. The van der Waals surface area contributed by atoms with Crippen LogP contribution in [0.1, 0.15) is 24.1 Å². The van der Waals surface area contributed by atoms with Gasteiger partial charge in [0.2, 0.25) is 5.95 Å². The van der Waals surface area contributed by atoms with Gasteiger partial charge in [0, 0.05) is 36.9 Å². The van der Waals surface area contributed by atoms with E-state index in [0.29, 0.717) is 12.0 Å². The molecule has 7 nitrogen and oxygen atoms in total. The zero-order valence-electron chi connectivity index (χ0n) is 15.1. The minimum absolute atomic E-state index is 0.00744. The molecule has 5 N–H and O–H groups in total. The normalized spacial score (nSPS) is 16.6. The molecule has 1 atom stereocenters. The van der Waals surface area contributed by atoms with Crippen molar-refractivity contribution in [3.63, 3.8) is 0 Å². The number of aromatic nitrogens is 2. The van der Waals surface area contributed by atoms with Gasteiger partial charge in [0.25, 0.3) is 0 Å². The molecule has 0 saturated carbocycles. The zero-order chi connectivity index (χ0) is 18.5. The average Bonchev–Trinajstić information content (AvgIpc) is 2.63. The van der Waals surface area contributed by atoms with Gasteiger partial charge >= 0.3 is 0 Å². The summed E-state index contributed by atoms with van der Waals surface area (Å²) in [4.78, 5) is 10.7. The summed E-state index contributed by atoms with van der Waals surface area (Å²) in [5.41, 5.74) is 7.73. The van der Waals surface area contributed by atoms with Gasteiger partial charge in [-0.1, -0.05) is 12.1 Å². The predicted octanol–water partition coefficient (Wildman–Crippen LogP) is 1.23. The highest BCUT2D eigenvalue weighted by molar-refractivity contribution is 5.43. The lowest BCUT2D eigenvalue weighted by atomic mass is 10.0. The molecule has 0 aliphatic carbocycles. The van der Waals surface area contributed by atoms with E-state index in [1.807, 2.05) is 25.1 Å². The number of hydrogen-bond donors (Lipinski definition) is 4. The summed E-state index contributed by atoms with van der Waals surface area (Å²) in [6.45, 7) is 3.80. The Morgan fingerprint density at radius 1 is 1.23 bits per heavy atom. The highest BCUT2D eigenvalue weighted by atomic mass is 16.3. The number of nitrogens with two attached hydrogens (primary N) is 1. The summed E-state index contributed by atoms with van der Waals surface area (Å²) < 4.78 is 0. The van der Waals surface area contributed by atoms with Crippen LogP contribution in [-0.4, -0.2) is 52.0 Å². The molecule has 3 rings (SSSR count). The van der Waals surface area contributed by atoms with E-state index in [1.165, 1.54) is 0 Å². The number of aryl methyl sites for hydroxylation is 1. The van der Waals surface area contributed by atoms with Crippen molar-refractivity contribution in [2.45, 2.75) is 38.3 Å². The summed E-state index contributed by atoms with van der Waals surface area (Å²) >= 11 is 0. The second kappa shape index (κ2) is 8.33. The van der Waals surface area contributed by atoms with Crippen LogP contribution in [0.15, 0.2) is 30.3 Å². The molecular weight excluding hydrogens is 330 g/mol. The smallest absolute Gasteiger partial charge is 0.222 e. The molecular formula is C19H27N5O2. The SMILES string of the molecule is Cc1cc(N2CCC(N[C@@H](CO)Cc3ccc(O)cc3)CC2)nc(N)n1. The van der Waals surface area contributed by atoms with Crippen LogP contribution in [-0.2, 0) is 6.42 Å². The van der Waals surface area contributed by atoms with Gasteiger partial charge in [-0.3, -0.25) is 0 Å². The lowest BCUT2D eigenvalue weighted by Gasteiger charge is -2.35. The standard InChI is InChI=1S/C19H27N5O2/c1-13-10-18(23-19(20)21-13)24-8-6-15(7-9-24)22-16(12-25)11-14-2-4-17(26)5-3-14/h2-5,10,15-16,22,25-26H,6-9,11-12H2,1H3,(H2,20,21,23)/t16-/m1/s1. The number of phenolic OH excluding ortho intramolecular Hbond substituents is 1. The second-order valence-corrected chi connectivity index (χ2v) is 6.90. The van der Waals surface area contributed by atoms with Crippen LogP contribution in [0.3, 0.4) is 0 Å². The fraction of sp³-hybridized carbons (Fsp3) is 0.474. The van der Waals surface area contributed by atoms with Crippen molar-refractivity contribution < 1.29 is 10.2 Å². The van der Waals surface area contributed by atoms with Crippen LogP contribution < -0.4 is 16.0 Å². The summed E-state index contributed by atoms with van der Waals surface area (Å²) in [6, 6.07) is 9.48. The topological polar surface area (TPSA) is 108 Å². The van der Waals surface area contributed by atoms with E-state index < -0.39 is 0 Å². The molecule has 26 heavy (non-hydrogen) atoms. The van der Waals surface area contributed by atoms with E-state index in [-0.39, 0.29) is 18.4 Å². The molecule has 1 aromatic carbocycles. The summed E-state index contributed by atoms with van der Waals surface area (Å²) in [5.74, 6) is 1.46. The van der Waals surface area contributed by atoms with Crippen molar-refractivity contribution in [3.8, 4) is 5.75 Å². The highest BCUT2D eigenvalue weighted by Crippen LogP contribution is 2.20. The van der Waals surface area contributed by atoms with Gasteiger partial charge < -0.3 is 26.2 Å². The Morgan fingerprint density at radius 3 is 2.54 bits per heavy atom. The quantitative estimate of drug-likeness (QED) is 0.616. The zero-order valence-corrected chi connectivity index (χ0v) is 15.1. The van der Waals surface area contributed by atoms with E-state index in [4.69, 9.17) is 5.73 Å². The third-order valence-corrected chi connectivity index (χ3v) is 4.79. The molecule has 1 fully saturated rings. The van der Waals surface area contributed by atoms with Crippen molar-refractivity contribution in [1.82, 2.24) is 15.3 Å². The van der Waals surface area contributed by atoms with Gasteiger partial charge in [0.15, 0.2) is 0 Å². The molecule has 0 spiro atoms. The number of hydrogen-bond acceptors (Lipinski definition) is 7. The van der Waals surface area contributed by atoms with Gasteiger partial charge in [-0.2, -0.15) is 4.98 Å². The second-order valence-electron chi connectivity index (χ2n) is 6.90. The minimum Gasteiger partial charge on any atom is -0.508 e. The average molecular weight is 357 g/mol. The largest absolute Gasteiger partial charge is 0.508 e. The van der Waals surface area contributed by atoms with Crippen LogP contribution in [0, 0.1) is 6.92 Å².